The smallest absolute Gasteiger partial charge is 0.127 e. The van der Waals surface area contributed by atoms with Gasteiger partial charge in [0.2, 0.25) is 0 Å². The summed E-state index contributed by atoms with van der Waals surface area (Å²) in [4.78, 5) is 0. The lowest BCUT2D eigenvalue weighted by molar-refractivity contribution is 0.0972. The fraction of sp³-hybridized carbons (Fsp3) is 0.556. The Morgan fingerprint density at radius 3 is 2.95 bits per heavy atom. The second-order valence-electron chi connectivity index (χ2n) is 6.39. The number of ether oxygens (including phenoxy) is 1. The van der Waals surface area contributed by atoms with E-state index in [1.54, 1.807) is 0 Å². The third-order valence-corrected chi connectivity index (χ3v) is 4.82. The summed E-state index contributed by atoms with van der Waals surface area (Å²) < 4.78 is 6.11. The van der Waals surface area contributed by atoms with Crippen LogP contribution >= 0.6 is 0 Å². The van der Waals surface area contributed by atoms with Crippen LogP contribution in [0.1, 0.15) is 58.0 Å². The molecule has 2 nitrogen and oxygen atoms in total. The molecule has 2 aliphatic rings. The van der Waals surface area contributed by atoms with Gasteiger partial charge in [0.25, 0.3) is 0 Å². The maximum Gasteiger partial charge on any atom is 0.127 e. The third-order valence-electron chi connectivity index (χ3n) is 4.82. The lowest BCUT2D eigenvalue weighted by Crippen LogP contribution is -2.35. The lowest BCUT2D eigenvalue weighted by Gasteiger charge is -2.42. The van der Waals surface area contributed by atoms with E-state index in [4.69, 9.17) is 4.74 Å². The Morgan fingerprint density at radius 2 is 2.25 bits per heavy atom. The van der Waals surface area contributed by atoms with Crippen molar-refractivity contribution in [2.45, 2.75) is 58.0 Å². The highest BCUT2D eigenvalue weighted by Gasteiger charge is 2.40. The van der Waals surface area contributed by atoms with Crippen molar-refractivity contribution in [1.29, 1.82) is 0 Å². The van der Waals surface area contributed by atoms with Gasteiger partial charge >= 0.3 is 0 Å². The molecule has 0 aromatic heterocycles. The first-order valence-corrected chi connectivity index (χ1v) is 7.78. The predicted octanol–water partition coefficient (Wildman–Crippen LogP) is 4.81. The average molecular weight is 274 g/mol. The highest BCUT2D eigenvalue weighted by molar-refractivity contribution is 5.52. The van der Waals surface area contributed by atoms with E-state index in [0.29, 0.717) is 23.7 Å². The van der Waals surface area contributed by atoms with Gasteiger partial charge < -0.3 is 9.84 Å². The van der Waals surface area contributed by atoms with Crippen LogP contribution in [0, 0.1) is 5.92 Å². The standard InChI is InChI=1S/C18H24O2.H2/c1-4-5-12-8-16(19)18-15-10-13(20-17(18)9-12)6-7-14(15)11(2)3;/h8-9,13-15,19H,2,4-7,10H2,1,3H3;1H/t13?,14-,15?;/m0./s1. The fourth-order valence-corrected chi connectivity index (χ4v) is 3.90. The van der Waals surface area contributed by atoms with Crippen molar-refractivity contribution in [3.8, 4) is 11.5 Å². The van der Waals surface area contributed by atoms with Crippen LogP contribution in [-0.4, -0.2) is 11.2 Å². The van der Waals surface area contributed by atoms with Crippen LogP contribution in [0.25, 0.3) is 0 Å². The first-order valence-electron chi connectivity index (χ1n) is 7.78. The molecule has 1 saturated carbocycles. The Morgan fingerprint density at radius 1 is 1.45 bits per heavy atom. The van der Waals surface area contributed by atoms with Gasteiger partial charge in [0.15, 0.2) is 0 Å². The summed E-state index contributed by atoms with van der Waals surface area (Å²) in [6.45, 7) is 8.42. The van der Waals surface area contributed by atoms with Gasteiger partial charge in [-0.05, 0) is 56.2 Å². The van der Waals surface area contributed by atoms with Crippen LogP contribution in [0.3, 0.4) is 0 Å². The molecule has 1 aromatic carbocycles. The van der Waals surface area contributed by atoms with E-state index in [1.807, 2.05) is 6.07 Å². The van der Waals surface area contributed by atoms with Gasteiger partial charge in [-0.3, -0.25) is 0 Å². The van der Waals surface area contributed by atoms with E-state index in [1.165, 1.54) is 11.1 Å². The van der Waals surface area contributed by atoms with E-state index >= 15 is 0 Å². The van der Waals surface area contributed by atoms with Crippen LogP contribution in [0.4, 0.5) is 0 Å². The molecule has 0 amide bonds. The average Bonchev–Trinajstić information content (AvgIpc) is 2.38. The lowest BCUT2D eigenvalue weighted by atomic mass is 9.69. The Labute approximate surface area is 123 Å². The predicted molar refractivity (Wildman–Crippen MR) is 83.5 cm³/mol. The molecule has 3 atom stereocenters. The van der Waals surface area contributed by atoms with Crippen molar-refractivity contribution in [3.63, 3.8) is 0 Å². The number of benzene rings is 1. The number of fused-ring (bicyclic) bond motifs is 4. The maximum atomic E-state index is 10.5. The number of phenolic OH excluding ortho intramolecular Hbond substituents is 1. The van der Waals surface area contributed by atoms with Crippen molar-refractivity contribution in [1.82, 2.24) is 0 Å². The maximum absolute atomic E-state index is 10.5. The SMILES string of the molecule is C=C(C)[C@@H]1CCC2CC1c1c(O)cc(CCC)cc1O2.[HH]. The zero-order chi connectivity index (χ0) is 14.3. The molecule has 2 heteroatoms. The van der Waals surface area contributed by atoms with Gasteiger partial charge in [0.1, 0.15) is 11.5 Å². The van der Waals surface area contributed by atoms with Crippen LogP contribution in [0.15, 0.2) is 24.3 Å². The topological polar surface area (TPSA) is 29.5 Å². The van der Waals surface area contributed by atoms with E-state index in [0.717, 1.165) is 43.4 Å². The van der Waals surface area contributed by atoms with E-state index in [2.05, 4.69) is 26.5 Å². The molecule has 2 unspecified atom stereocenters. The summed E-state index contributed by atoms with van der Waals surface area (Å²) in [6.07, 6.45) is 5.64. The van der Waals surface area contributed by atoms with Crippen molar-refractivity contribution in [2.24, 2.45) is 5.92 Å². The molecular formula is C18H26O2. The zero-order valence-corrected chi connectivity index (χ0v) is 12.5. The Balaban J connectivity index is 0.00000161. The Kier molecular flexibility index (Phi) is 3.49. The normalized spacial score (nSPS) is 27.6. The molecule has 1 aliphatic heterocycles. The van der Waals surface area contributed by atoms with Gasteiger partial charge in [-0.1, -0.05) is 25.5 Å². The summed E-state index contributed by atoms with van der Waals surface area (Å²) in [5.74, 6) is 2.20. The molecule has 110 valence electrons. The zero-order valence-electron chi connectivity index (χ0n) is 12.5. The largest absolute Gasteiger partial charge is 0.508 e. The second-order valence-corrected chi connectivity index (χ2v) is 6.39. The molecule has 1 heterocycles. The number of aromatic hydroxyl groups is 1. The molecule has 1 N–H and O–H groups in total. The molecule has 0 radical (unpaired) electrons. The van der Waals surface area contributed by atoms with Crippen LogP contribution < -0.4 is 4.74 Å². The number of rotatable bonds is 3. The van der Waals surface area contributed by atoms with Crippen LogP contribution in [0.2, 0.25) is 0 Å². The van der Waals surface area contributed by atoms with E-state index < -0.39 is 0 Å². The molecule has 0 saturated heterocycles. The van der Waals surface area contributed by atoms with Gasteiger partial charge in [-0.25, -0.2) is 0 Å². The van der Waals surface area contributed by atoms with Gasteiger partial charge in [-0.15, -0.1) is 0 Å². The fourth-order valence-electron chi connectivity index (χ4n) is 3.90. The molecule has 1 aromatic rings. The molecule has 1 aliphatic carbocycles. The van der Waals surface area contributed by atoms with E-state index in [9.17, 15) is 5.11 Å². The highest BCUT2D eigenvalue weighted by atomic mass is 16.5. The monoisotopic (exact) mass is 274 g/mol. The van der Waals surface area contributed by atoms with Gasteiger partial charge in [0, 0.05) is 12.9 Å². The Hall–Kier alpha value is -1.44. The minimum absolute atomic E-state index is 0. The number of allylic oxidation sites excluding steroid dienone is 1. The van der Waals surface area contributed by atoms with E-state index in [-0.39, 0.29) is 1.43 Å². The summed E-state index contributed by atoms with van der Waals surface area (Å²) in [5.41, 5.74) is 3.43. The van der Waals surface area contributed by atoms with Gasteiger partial charge in [-0.2, -0.15) is 0 Å². The number of aryl methyl sites for hydroxylation is 1. The molecular weight excluding hydrogens is 248 g/mol. The molecule has 2 bridgehead atoms. The molecule has 1 fully saturated rings. The summed E-state index contributed by atoms with van der Waals surface area (Å²) in [7, 11) is 0. The number of phenols is 1. The number of hydrogen-bond donors (Lipinski definition) is 1. The van der Waals surface area contributed by atoms with Crippen LogP contribution in [-0.2, 0) is 6.42 Å². The quantitative estimate of drug-likeness (QED) is 0.801. The first kappa shape index (κ1) is 13.5. The summed E-state index contributed by atoms with van der Waals surface area (Å²) in [5, 5.41) is 10.5. The minimum atomic E-state index is 0. The summed E-state index contributed by atoms with van der Waals surface area (Å²) in [6, 6.07) is 4.06. The minimum Gasteiger partial charge on any atom is -0.508 e. The highest BCUT2D eigenvalue weighted by Crippen LogP contribution is 2.52. The number of hydrogen-bond acceptors (Lipinski definition) is 2. The third kappa shape index (κ3) is 2.21. The summed E-state index contributed by atoms with van der Waals surface area (Å²) >= 11 is 0. The first-order chi connectivity index (χ1) is 9.60. The van der Waals surface area contributed by atoms with Crippen molar-refractivity contribution in [2.75, 3.05) is 0 Å². The van der Waals surface area contributed by atoms with Crippen molar-refractivity contribution >= 4 is 0 Å². The van der Waals surface area contributed by atoms with Crippen LogP contribution in [0.5, 0.6) is 11.5 Å². The van der Waals surface area contributed by atoms with Crippen molar-refractivity contribution < 1.29 is 11.3 Å². The molecule has 3 rings (SSSR count). The molecule has 0 spiro atoms. The van der Waals surface area contributed by atoms with Gasteiger partial charge in [0.05, 0.1) is 6.10 Å². The van der Waals surface area contributed by atoms with Crippen molar-refractivity contribution in [3.05, 3.63) is 35.4 Å². The Bertz CT molecular complexity index is 538. The second kappa shape index (κ2) is 5.16. The molecule has 20 heavy (non-hydrogen) atoms.